The van der Waals surface area contributed by atoms with E-state index >= 15 is 0 Å². The molecular formula is C18H26BF2NO4. The average Bonchev–Trinajstić information content (AvgIpc) is 2.75. The smallest absolute Gasteiger partial charge is 0.435 e. The van der Waals surface area contributed by atoms with Gasteiger partial charge >= 0.3 is 13.7 Å². The second-order valence-electron chi connectivity index (χ2n) is 7.23. The fraction of sp³-hybridized carbons (Fsp3) is 0.611. The lowest BCUT2D eigenvalue weighted by Gasteiger charge is -2.32. The van der Waals surface area contributed by atoms with Crippen LogP contribution in [0.1, 0.15) is 51.9 Å². The molecule has 0 aromatic heterocycles. The number of nitrogens with zero attached hydrogens (tertiary/aromatic N) is 1. The van der Waals surface area contributed by atoms with E-state index in [2.05, 4.69) is 4.74 Å². The highest BCUT2D eigenvalue weighted by Gasteiger charge is 2.51. The summed E-state index contributed by atoms with van der Waals surface area (Å²) in [6, 6.07) is 4.36. The highest BCUT2D eigenvalue weighted by atomic mass is 19.3. The minimum atomic E-state index is -2.99. The third-order valence-corrected chi connectivity index (χ3v) is 4.98. The second-order valence-corrected chi connectivity index (χ2v) is 7.23. The van der Waals surface area contributed by atoms with Gasteiger partial charge in [0.05, 0.1) is 11.2 Å². The van der Waals surface area contributed by atoms with Crippen LogP contribution in [-0.4, -0.2) is 48.8 Å². The first-order valence-electron chi connectivity index (χ1n) is 8.75. The van der Waals surface area contributed by atoms with Crippen LogP contribution in [0.5, 0.6) is 5.75 Å². The molecule has 26 heavy (non-hydrogen) atoms. The summed E-state index contributed by atoms with van der Waals surface area (Å²) in [5.41, 5.74) is -0.436. The van der Waals surface area contributed by atoms with Crippen molar-refractivity contribution in [2.45, 2.75) is 59.4 Å². The van der Waals surface area contributed by atoms with Gasteiger partial charge in [0.1, 0.15) is 5.75 Å². The van der Waals surface area contributed by atoms with Gasteiger partial charge in [0.2, 0.25) is 0 Å². The van der Waals surface area contributed by atoms with Gasteiger partial charge in [0.25, 0.3) is 5.91 Å². The summed E-state index contributed by atoms with van der Waals surface area (Å²) in [4.78, 5) is 14.3. The lowest BCUT2D eigenvalue weighted by atomic mass is 9.78. The molecule has 5 nitrogen and oxygen atoms in total. The quantitative estimate of drug-likeness (QED) is 0.724. The Morgan fingerprint density at radius 1 is 1.12 bits per heavy atom. The molecule has 1 amide bonds. The van der Waals surface area contributed by atoms with Gasteiger partial charge in [-0.3, -0.25) is 4.79 Å². The van der Waals surface area contributed by atoms with E-state index in [1.807, 2.05) is 41.5 Å². The number of alkyl halides is 2. The Kier molecular flexibility index (Phi) is 5.97. The van der Waals surface area contributed by atoms with Gasteiger partial charge in [-0.25, -0.2) is 0 Å². The van der Waals surface area contributed by atoms with Crippen LogP contribution < -0.4 is 10.2 Å². The van der Waals surface area contributed by atoms with Gasteiger partial charge in [-0.15, -0.1) is 0 Å². The fourth-order valence-electron chi connectivity index (χ4n) is 2.73. The number of ether oxygens (including phenoxy) is 1. The van der Waals surface area contributed by atoms with Crippen molar-refractivity contribution >= 4 is 18.5 Å². The molecule has 0 unspecified atom stereocenters. The van der Waals surface area contributed by atoms with Crippen LogP contribution in [0.4, 0.5) is 8.78 Å². The third-order valence-electron chi connectivity index (χ3n) is 4.98. The first kappa shape index (κ1) is 20.6. The summed E-state index contributed by atoms with van der Waals surface area (Å²) in [6.07, 6.45) is 0. The van der Waals surface area contributed by atoms with Crippen LogP contribution in [0.15, 0.2) is 18.2 Å². The molecule has 2 rings (SSSR count). The minimum Gasteiger partial charge on any atom is -0.435 e. The van der Waals surface area contributed by atoms with Crippen LogP contribution in [0, 0.1) is 0 Å². The number of hydrogen-bond donors (Lipinski definition) is 0. The molecule has 1 saturated heterocycles. The summed E-state index contributed by atoms with van der Waals surface area (Å²) in [5.74, 6) is -0.352. The first-order valence-corrected chi connectivity index (χ1v) is 8.75. The van der Waals surface area contributed by atoms with Crippen LogP contribution in [0.3, 0.4) is 0 Å². The maximum atomic E-state index is 12.7. The summed E-state index contributed by atoms with van der Waals surface area (Å²) in [7, 11) is -0.774. The molecule has 0 saturated carbocycles. The standard InChI is InChI=1S/C18H26BF2NO4/c1-7-22(8-2)15(23)12-9-13(11-14(10-12)24-16(20)21)19-25-17(3,4)18(5,6)26-19/h9-11,16H,7-8H2,1-6H3. The Morgan fingerprint density at radius 2 is 1.65 bits per heavy atom. The summed E-state index contributed by atoms with van der Waals surface area (Å²) in [5, 5.41) is 0. The lowest BCUT2D eigenvalue weighted by molar-refractivity contribution is -0.0498. The molecule has 1 aromatic carbocycles. The monoisotopic (exact) mass is 369 g/mol. The molecule has 0 radical (unpaired) electrons. The predicted molar refractivity (Wildman–Crippen MR) is 96.0 cm³/mol. The Hall–Kier alpha value is -1.67. The number of rotatable bonds is 6. The van der Waals surface area contributed by atoms with E-state index in [1.165, 1.54) is 12.1 Å². The molecule has 0 bridgehead atoms. The van der Waals surface area contributed by atoms with Gasteiger partial charge in [0.15, 0.2) is 0 Å². The molecule has 1 aliphatic heterocycles. The normalized spacial score (nSPS) is 18.3. The van der Waals surface area contributed by atoms with Crippen molar-refractivity contribution in [1.82, 2.24) is 4.90 Å². The molecule has 1 aliphatic rings. The zero-order valence-electron chi connectivity index (χ0n) is 16.1. The van der Waals surface area contributed by atoms with Gasteiger partial charge < -0.3 is 18.9 Å². The Bertz CT molecular complexity index is 647. The number of carbonyl (C=O) groups excluding carboxylic acids is 1. The van der Waals surface area contributed by atoms with E-state index in [-0.39, 0.29) is 17.2 Å². The fourth-order valence-corrected chi connectivity index (χ4v) is 2.73. The molecule has 0 atom stereocenters. The van der Waals surface area contributed by atoms with E-state index in [4.69, 9.17) is 9.31 Å². The SMILES string of the molecule is CCN(CC)C(=O)c1cc(OC(F)F)cc(B2OC(C)(C)C(C)(C)O2)c1. The molecule has 144 valence electrons. The van der Waals surface area contributed by atoms with Crippen molar-refractivity contribution in [2.75, 3.05) is 13.1 Å². The van der Waals surface area contributed by atoms with Crippen molar-refractivity contribution in [3.63, 3.8) is 0 Å². The van der Waals surface area contributed by atoms with E-state index < -0.39 is 24.9 Å². The molecular weight excluding hydrogens is 343 g/mol. The number of hydrogen-bond acceptors (Lipinski definition) is 4. The Labute approximate surface area is 153 Å². The summed E-state index contributed by atoms with van der Waals surface area (Å²) < 4.78 is 41.9. The second kappa shape index (κ2) is 7.52. The minimum absolute atomic E-state index is 0.0947. The predicted octanol–water partition coefficient (Wildman–Crippen LogP) is 3.07. The van der Waals surface area contributed by atoms with Crippen molar-refractivity contribution in [3.8, 4) is 5.75 Å². The van der Waals surface area contributed by atoms with Crippen molar-refractivity contribution in [1.29, 1.82) is 0 Å². The molecule has 0 N–H and O–H groups in total. The van der Waals surface area contributed by atoms with E-state index in [9.17, 15) is 13.6 Å². The maximum Gasteiger partial charge on any atom is 0.494 e. The van der Waals surface area contributed by atoms with E-state index in [0.29, 0.717) is 18.6 Å². The molecule has 0 aliphatic carbocycles. The van der Waals surface area contributed by atoms with Crippen LogP contribution in [0.2, 0.25) is 0 Å². The van der Waals surface area contributed by atoms with Crippen LogP contribution in [-0.2, 0) is 9.31 Å². The van der Waals surface area contributed by atoms with Gasteiger partial charge in [-0.2, -0.15) is 8.78 Å². The van der Waals surface area contributed by atoms with Gasteiger partial charge in [-0.05, 0) is 65.2 Å². The van der Waals surface area contributed by atoms with Crippen molar-refractivity contribution < 1.29 is 27.6 Å². The summed E-state index contributed by atoms with van der Waals surface area (Å²) >= 11 is 0. The Morgan fingerprint density at radius 3 is 2.12 bits per heavy atom. The topological polar surface area (TPSA) is 48.0 Å². The molecule has 1 heterocycles. The maximum absolute atomic E-state index is 12.7. The number of carbonyl (C=O) groups is 1. The zero-order valence-corrected chi connectivity index (χ0v) is 16.1. The number of halogens is 2. The number of amides is 1. The molecule has 1 aromatic rings. The first-order chi connectivity index (χ1) is 12.0. The molecule has 0 spiro atoms. The van der Waals surface area contributed by atoms with Crippen LogP contribution in [0.25, 0.3) is 0 Å². The van der Waals surface area contributed by atoms with E-state index in [0.717, 1.165) is 0 Å². The molecule has 1 fully saturated rings. The van der Waals surface area contributed by atoms with Crippen molar-refractivity contribution in [2.24, 2.45) is 0 Å². The number of benzene rings is 1. The van der Waals surface area contributed by atoms with Gasteiger partial charge in [0, 0.05) is 18.7 Å². The zero-order chi connectivity index (χ0) is 19.7. The van der Waals surface area contributed by atoms with E-state index in [1.54, 1.807) is 11.0 Å². The molecule has 8 heteroatoms. The highest BCUT2D eigenvalue weighted by Crippen LogP contribution is 2.36. The average molecular weight is 369 g/mol. The van der Waals surface area contributed by atoms with Crippen LogP contribution >= 0.6 is 0 Å². The Balaban J connectivity index is 2.43. The largest absolute Gasteiger partial charge is 0.494 e. The highest BCUT2D eigenvalue weighted by molar-refractivity contribution is 6.62. The van der Waals surface area contributed by atoms with Crippen molar-refractivity contribution in [3.05, 3.63) is 23.8 Å². The lowest BCUT2D eigenvalue weighted by Crippen LogP contribution is -2.41. The summed E-state index contributed by atoms with van der Waals surface area (Å²) in [6.45, 7) is 9.35. The van der Waals surface area contributed by atoms with Gasteiger partial charge in [-0.1, -0.05) is 0 Å². The third kappa shape index (κ3) is 4.18.